The van der Waals surface area contributed by atoms with E-state index in [1.807, 2.05) is 29.2 Å². The van der Waals surface area contributed by atoms with E-state index in [-0.39, 0.29) is 11.9 Å². The van der Waals surface area contributed by atoms with Crippen LogP contribution in [0.25, 0.3) is 0 Å². The zero-order chi connectivity index (χ0) is 16.2. The first-order chi connectivity index (χ1) is 11.1. The third-order valence-electron chi connectivity index (χ3n) is 4.24. The van der Waals surface area contributed by atoms with Crippen LogP contribution >= 0.6 is 11.6 Å². The predicted octanol–water partition coefficient (Wildman–Crippen LogP) is 3.89. The molecular formula is C19H19ClN2O. The summed E-state index contributed by atoms with van der Waals surface area (Å²) in [5.74, 6) is 0.0692. The first-order valence-corrected chi connectivity index (χ1v) is 8.12. The number of pyridine rings is 1. The number of fused-ring (bicyclic) bond motifs is 1. The quantitative estimate of drug-likeness (QED) is 0.835. The van der Waals surface area contributed by atoms with Crippen LogP contribution in [-0.4, -0.2) is 22.3 Å². The Hall–Kier alpha value is -2.13. The fourth-order valence-corrected chi connectivity index (χ4v) is 3.32. The molecule has 0 saturated heterocycles. The molecule has 1 aliphatic rings. The summed E-state index contributed by atoms with van der Waals surface area (Å²) in [6.45, 7) is 4.15. The van der Waals surface area contributed by atoms with E-state index in [9.17, 15) is 4.79 Å². The Balaban J connectivity index is 1.84. The van der Waals surface area contributed by atoms with Crippen molar-refractivity contribution in [1.82, 2.24) is 9.88 Å². The summed E-state index contributed by atoms with van der Waals surface area (Å²) in [6.07, 6.45) is 5.70. The molecule has 4 heteroatoms. The molecule has 1 aliphatic carbocycles. The van der Waals surface area contributed by atoms with Gasteiger partial charge in [-0.05, 0) is 41.7 Å². The maximum Gasteiger partial charge on any atom is 0.227 e. The highest BCUT2D eigenvalue weighted by Crippen LogP contribution is 2.36. The van der Waals surface area contributed by atoms with Gasteiger partial charge in [0.05, 0.1) is 19.0 Å². The Morgan fingerprint density at radius 1 is 1.26 bits per heavy atom. The highest BCUT2D eigenvalue weighted by Gasteiger charge is 2.30. The van der Waals surface area contributed by atoms with Crippen LogP contribution in [-0.2, 0) is 17.6 Å². The van der Waals surface area contributed by atoms with E-state index < -0.39 is 0 Å². The molecule has 0 spiro atoms. The van der Waals surface area contributed by atoms with Gasteiger partial charge in [-0.1, -0.05) is 42.4 Å². The minimum atomic E-state index is 0.0692. The summed E-state index contributed by atoms with van der Waals surface area (Å²) in [5.41, 5.74) is 3.51. The second kappa shape index (κ2) is 6.97. The summed E-state index contributed by atoms with van der Waals surface area (Å²) in [5, 5.41) is 0.484. The van der Waals surface area contributed by atoms with Crippen LogP contribution in [0.5, 0.6) is 0 Å². The number of hydrogen-bond acceptors (Lipinski definition) is 2. The maximum atomic E-state index is 12.9. The lowest BCUT2D eigenvalue weighted by molar-refractivity contribution is -0.132. The molecule has 3 nitrogen and oxygen atoms in total. The van der Waals surface area contributed by atoms with Gasteiger partial charge in [0.2, 0.25) is 5.91 Å². The molecule has 1 heterocycles. The summed E-state index contributed by atoms with van der Waals surface area (Å²) in [6, 6.07) is 12.1. The van der Waals surface area contributed by atoms with Gasteiger partial charge < -0.3 is 4.90 Å². The highest BCUT2D eigenvalue weighted by molar-refractivity contribution is 6.29. The van der Waals surface area contributed by atoms with Crippen molar-refractivity contribution in [3.8, 4) is 0 Å². The number of carbonyl (C=O) groups excluding carboxylic acids is 1. The molecule has 118 valence electrons. The fraction of sp³-hybridized carbons (Fsp3) is 0.263. The first-order valence-electron chi connectivity index (χ1n) is 7.74. The number of rotatable bonds is 5. The molecule has 0 radical (unpaired) electrons. The van der Waals surface area contributed by atoms with E-state index >= 15 is 0 Å². The second-order valence-corrected chi connectivity index (χ2v) is 6.36. The smallest absolute Gasteiger partial charge is 0.227 e. The van der Waals surface area contributed by atoms with Crippen LogP contribution in [0.3, 0.4) is 0 Å². The van der Waals surface area contributed by atoms with E-state index in [1.165, 1.54) is 11.1 Å². The molecule has 1 aromatic carbocycles. The molecule has 2 aromatic rings. The SMILES string of the molecule is C=C(Cl)CN(C(=O)Cc1ccncc1)[C@@H]1CCc2ccccc21. The Bertz CT molecular complexity index is 714. The number of nitrogens with zero attached hydrogens (tertiary/aromatic N) is 2. The van der Waals surface area contributed by atoms with Crippen molar-refractivity contribution in [2.24, 2.45) is 0 Å². The van der Waals surface area contributed by atoms with Crippen LogP contribution in [0.1, 0.15) is 29.2 Å². The molecule has 0 N–H and O–H groups in total. The highest BCUT2D eigenvalue weighted by atomic mass is 35.5. The molecule has 1 atom stereocenters. The summed E-state index contributed by atoms with van der Waals surface area (Å²) >= 11 is 6.03. The number of benzene rings is 1. The van der Waals surface area contributed by atoms with Gasteiger partial charge in [0.15, 0.2) is 0 Å². The van der Waals surface area contributed by atoms with Gasteiger partial charge in [0.1, 0.15) is 0 Å². The van der Waals surface area contributed by atoms with Crippen molar-refractivity contribution in [1.29, 1.82) is 0 Å². The lowest BCUT2D eigenvalue weighted by Gasteiger charge is -2.30. The molecule has 1 aromatic heterocycles. The molecule has 0 aliphatic heterocycles. The van der Waals surface area contributed by atoms with Gasteiger partial charge >= 0.3 is 0 Å². The molecule has 0 saturated carbocycles. The normalized spacial score (nSPS) is 16.0. The van der Waals surface area contributed by atoms with Gasteiger partial charge in [0.25, 0.3) is 0 Å². The Morgan fingerprint density at radius 2 is 2.00 bits per heavy atom. The summed E-state index contributed by atoms with van der Waals surface area (Å²) in [7, 11) is 0. The largest absolute Gasteiger partial charge is 0.330 e. The molecular weight excluding hydrogens is 308 g/mol. The van der Waals surface area contributed by atoms with Gasteiger partial charge in [-0.15, -0.1) is 0 Å². The van der Waals surface area contributed by atoms with Crippen molar-refractivity contribution in [2.45, 2.75) is 25.3 Å². The fourth-order valence-electron chi connectivity index (χ4n) is 3.19. The molecule has 0 fully saturated rings. The number of carbonyl (C=O) groups is 1. The zero-order valence-electron chi connectivity index (χ0n) is 12.9. The first kappa shape index (κ1) is 15.8. The zero-order valence-corrected chi connectivity index (χ0v) is 13.7. The monoisotopic (exact) mass is 326 g/mol. The van der Waals surface area contributed by atoms with Gasteiger partial charge in [-0.25, -0.2) is 0 Å². The van der Waals surface area contributed by atoms with E-state index in [0.717, 1.165) is 18.4 Å². The van der Waals surface area contributed by atoms with Crippen LogP contribution in [0.4, 0.5) is 0 Å². The molecule has 1 amide bonds. The second-order valence-electron chi connectivity index (χ2n) is 5.82. The molecule has 0 unspecified atom stereocenters. The third kappa shape index (κ3) is 3.62. The topological polar surface area (TPSA) is 33.2 Å². The van der Waals surface area contributed by atoms with E-state index in [1.54, 1.807) is 12.4 Å². The van der Waals surface area contributed by atoms with Crippen molar-refractivity contribution in [3.05, 3.63) is 77.1 Å². The predicted molar refractivity (Wildman–Crippen MR) is 92.2 cm³/mol. The lowest BCUT2D eigenvalue weighted by atomic mass is 10.1. The number of amides is 1. The lowest BCUT2D eigenvalue weighted by Crippen LogP contribution is -2.36. The van der Waals surface area contributed by atoms with Crippen LogP contribution in [0.15, 0.2) is 60.4 Å². The average molecular weight is 327 g/mol. The van der Waals surface area contributed by atoms with Crippen LogP contribution < -0.4 is 0 Å². The van der Waals surface area contributed by atoms with Gasteiger partial charge in [-0.3, -0.25) is 9.78 Å². The van der Waals surface area contributed by atoms with Gasteiger partial charge in [0, 0.05) is 17.4 Å². The summed E-state index contributed by atoms with van der Waals surface area (Å²) in [4.78, 5) is 18.7. The number of aromatic nitrogens is 1. The van der Waals surface area contributed by atoms with Crippen LogP contribution in [0.2, 0.25) is 0 Å². The Labute approximate surface area is 141 Å². The van der Waals surface area contributed by atoms with E-state index in [2.05, 4.69) is 23.7 Å². The van der Waals surface area contributed by atoms with Crippen LogP contribution in [0, 0.1) is 0 Å². The molecule has 3 rings (SSSR count). The maximum absolute atomic E-state index is 12.9. The number of aryl methyl sites for hydroxylation is 1. The molecule has 0 bridgehead atoms. The van der Waals surface area contributed by atoms with Gasteiger partial charge in [-0.2, -0.15) is 0 Å². The third-order valence-corrected chi connectivity index (χ3v) is 4.36. The standard InChI is InChI=1S/C19H19ClN2O/c1-14(20)13-22(19(23)12-15-8-10-21-11-9-15)18-7-6-16-4-2-3-5-17(16)18/h2-5,8-11,18H,1,6-7,12-13H2/t18-/m1/s1. The average Bonchev–Trinajstić information content (AvgIpc) is 2.97. The molecule has 23 heavy (non-hydrogen) atoms. The number of hydrogen-bond donors (Lipinski definition) is 0. The Morgan fingerprint density at radius 3 is 2.74 bits per heavy atom. The number of halogens is 1. The van der Waals surface area contributed by atoms with Crippen molar-refractivity contribution >= 4 is 17.5 Å². The minimum Gasteiger partial charge on any atom is -0.330 e. The minimum absolute atomic E-state index is 0.0692. The van der Waals surface area contributed by atoms with Crippen molar-refractivity contribution in [3.63, 3.8) is 0 Å². The van der Waals surface area contributed by atoms with E-state index in [0.29, 0.717) is 18.0 Å². The Kier molecular flexibility index (Phi) is 4.77. The van der Waals surface area contributed by atoms with E-state index in [4.69, 9.17) is 11.6 Å². The van der Waals surface area contributed by atoms with Crippen molar-refractivity contribution in [2.75, 3.05) is 6.54 Å². The van der Waals surface area contributed by atoms with Crippen molar-refractivity contribution < 1.29 is 4.79 Å². The summed E-state index contributed by atoms with van der Waals surface area (Å²) < 4.78 is 0.